The molecule has 2 rings (SSSR count). The normalized spacial score (nSPS) is 20.9. The number of hydrogen-bond acceptors (Lipinski definition) is 4. The van der Waals surface area contributed by atoms with Crippen LogP contribution in [0.5, 0.6) is 0 Å². The number of nitrogens with one attached hydrogen (secondary N) is 2. The van der Waals surface area contributed by atoms with E-state index in [2.05, 4.69) is 26.5 Å². The Labute approximate surface area is 133 Å². The average Bonchev–Trinajstić information content (AvgIpc) is 2.86. The fourth-order valence-corrected chi connectivity index (χ4v) is 2.89. The Balaban J connectivity index is 2.22. The maximum Gasteiger partial charge on any atom is 0.216 e. The van der Waals surface area contributed by atoms with Crippen molar-refractivity contribution in [2.45, 2.75) is 18.4 Å². The molecule has 1 aliphatic rings. The molecule has 1 aliphatic heterocycles. The number of hydrazone groups is 1. The summed E-state index contributed by atoms with van der Waals surface area (Å²) in [6, 6.07) is 7.82. The molecular formula is C15H21BrN3O2+. The van der Waals surface area contributed by atoms with E-state index in [1.165, 1.54) is 0 Å². The maximum atomic E-state index is 12.6. The van der Waals surface area contributed by atoms with Gasteiger partial charge in [0.15, 0.2) is 5.60 Å². The maximum absolute atomic E-state index is 12.6. The number of hydrogen-bond donors (Lipinski definition) is 3. The highest BCUT2D eigenvalue weighted by Gasteiger charge is 2.41. The Hall–Kier alpha value is -1.24. The number of aliphatic hydroxyl groups is 1. The molecule has 1 aromatic rings. The Bertz CT molecular complexity index is 553. The number of nitrogens with zero attached hydrogens (tertiary/aromatic N) is 1. The van der Waals surface area contributed by atoms with Gasteiger partial charge in [-0.3, -0.25) is 4.79 Å². The van der Waals surface area contributed by atoms with Crippen LogP contribution in [0.25, 0.3) is 0 Å². The van der Waals surface area contributed by atoms with Crippen LogP contribution < -0.4 is 10.3 Å². The summed E-state index contributed by atoms with van der Waals surface area (Å²) in [7, 11) is 3.81. The second kappa shape index (κ2) is 6.25. The van der Waals surface area contributed by atoms with Gasteiger partial charge < -0.3 is 15.4 Å². The van der Waals surface area contributed by atoms with Crippen molar-refractivity contribution in [3.05, 3.63) is 34.3 Å². The van der Waals surface area contributed by atoms with Gasteiger partial charge in [0.05, 0.1) is 20.0 Å². The quantitative estimate of drug-likeness (QED) is 0.694. The molecule has 0 spiro atoms. The lowest BCUT2D eigenvalue weighted by Crippen LogP contribution is -3.08. The molecule has 0 aliphatic carbocycles. The second-order valence-corrected chi connectivity index (χ2v) is 6.87. The third-order valence-electron chi connectivity index (χ3n) is 3.52. The Morgan fingerprint density at radius 1 is 1.48 bits per heavy atom. The van der Waals surface area contributed by atoms with Crippen molar-refractivity contribution in [1.29, 1.82) is 0 Å². The van der Waals surface area contributed by atoms with Gasteiger partial charge in [0, 0.05) is 11.0 Å². The molecule has 0 unspecified atom stereocenters. The van der Waals surface area contributed by atoms with Crippen LogP contribution in [0.3, 0.4) is 0 Å². The van der Waals surface area contributed by atoms with Crippen LogP contribution in [-0.4, -0.2) is 49.4 Å². The van der Waals surface area contributed by atoms with E-state index in [-0.39, 0.29) is 11.7 Å². The van der Waals surface area contributed by atoms with Crippen molar-refractivity contribution >= 4 is 27.4 Å². The zero-order valence-electron chi connectivity index (χ0n) is 12.5. The van der Waals surface area contributed by atoms with Crippen molar-refractivity contribution in [2.24, 2.45) is 5.10 Å². The highest BCUT2D eigenvalue weighted by Crippen LogP contribution is 2.24. The lowest BCUT2D eigenvalue weighted by molar-refractivity contribution is -0.863. The van der Waals surface area contributed by atoms with E-state index in [4.69, 9.17) is 0 Å². The zero-order chi connectivity index (χ0) is 15.6. The molecule has 0 amide bonds. The summed E-state index contributed by atoms with van der Waals surface area (Å²) >= 11 is 3.40. The molecule has 2 atom stereocenters. The zero-order valence-corrected chi connectivity index (χ0v) is 14.1. The molecule has 0 radical (unpaired) electrons. The van der Waals surface area contributed by atoms with Crippen LogP contribution in [0.2, 0.25) is 0 Å². The predicted molar refractivity (Wildman–Crippen MR) is 85.6 cm³/mol. The van der Waals surface area contributed by atoms with Gasteiger partial charge in [-0.25, -0.2) is 0 Å². The van der Waals surface area contributed by atoms with Crippen molar-refractivity contribution in [2.75, 3.05) is 27.2 Å². The third kappa shape index (κ3) is 3.70. The van der Waals surface area contributed by atoms with Gasteiger partial charge in [0.2, 0.25) is 5.78 Å². The first kappa shape index (κ1) is 16.1. The standard InChI is InChI=1S/C15H20BrN3O2/c1-15(21,9-19(2)3)14(20)13-12(8-17-18-13)10-4-6-11(16)7-5-10/h4-7,12,17,21H,8-9H2,1-3H3/p+1/t12-,15+/m1/s1. The molecule has 0 aromatic heterocycles. The minimum atomic E-state index is -1.41. The van der Waals surface area contributed by atoms with Crippen molar-refractivity contribution in [1.82, 2.24) is 5.43 Å². The van der Waals surface area contributed by atoms with E-state index in [0.29, 0.717) is 18.8 Å². The topological polar surface area (TPSA) is 66.1 Å². The van der Waals surface area contributed by atoms with Crippen molar-refractivity contribution in [3.8, 4) is 0 Å². The molecule has 6 heteroatoms. The molecule has 1 heterocycles. The molecule has 0 fully saturated rings. The summed E-state index contributed by atoms with van der Waals surface area (Å²) in [6.45, 7) is 2.48. The number of ketones is 1. The van der Waals surface area contributed by atoms with Gasteiger partial charge in [0.1, 0.15) is 12.3 Å². The van der Waals surface area contributed by atoms with Crippen LogP contribution in [0.15, 0.2) is 33.8 Å². The van der Waals surface area contributed by atoms with Gasteiger partial charge in [-0.15, -0.1) is 0 Å². The van der Waals surface area contributed by atoms with Gasteiger partial charge >= 0.3 is 0 Å². The fourth-order valence-electron chi connectivity index (χ4n) is 2.62. The highest BCUT2D eigenvalue weighted by molar-refractivity contribution is 9.10. The number of likely N-dealkylation sites (N-methyl/N-ethyl adjacent to an activating group) is 1. The van der Waals surface area contributed by atoms with E-state index in [0.717, 1.165) is 14.9 Å². The number of carbonyl (C=O) groups is 1. The first-order valence-corrected chi connectivity index (χ1v) is 7.72. The molecule has 0 bridgehead atoms. The largest absolute Gasteiger partial charge is 0.376 e. The van der Waals surface area contributed by atoms with Crippen LogP contribution in [-0.2, 0) is 4.79 Å². The van der Waals surface area contributed by atoms with E-state index in [1.807, 2.05) is 38.4 Å². The number of quaternary nitrogens is 1. The lowest BCUT2D eigenvalue weighted by atomic mass is 9.86. The van der Waals surface area contributed by atoms with Crippen LogP contribution in [0.4, 0.5) is 0 Å². The van der Waals surface area contributed by atoms with Crippen molar-refractivity contribution < 1.29 is 14.8 Å². The molecule has 5 nitrogen and oxygen atoms in total. The first-order valence-electron chi connectivity index (χ1n) is 6.93. The molecule has 0 saturated carbocycles. The number of Topliss-reactive ketones (excluding diaryl/α,β-unsaturated/α-hetero) is 1. The van der Waals surface area contributed by atoms with E-state index < -0.39 is 5.60 Å². The van der Waals surface area contributed by atoms with Gasteiger partial charge in [-0.2, -0.15) is 5.10 Å². The third-order valence-corrected chi connectivity index (χ3v) is 4.05. The molecular weight excluding hydrogens is 334 g/mol. The SMILES string of the molecule is C[NH+](C)C[C@](C)(O)C(=O)C1=NNC[C@@H]1c1ccc(Br)cc1. The average molecular weight is 355 g/mol. The fraction of sp³-hybridized carbons (Fsp3) is 0.467. The van der Waals surface area contributed by atoms with Gasteiger partial charge in [0.25, 0.3) is 0 Å². The predicted octanol–water partition coefficient (Wildman–Crippen LogP) is -0.0435. The summed E-state index contributed by atoms with van der Waals surface area (Å²) < 4.78 is 0.991. The smallest absolute Gasteiger partial charge is 0.216 e. The number of halogens is 1. The summed E-state index contributed by atoms with van der Waals surface area (Å²) in [4.78, 5) is 13.6. The molecule has 114 valence electrons. The number of benzene rings is 1. The lowest BCUT2D eigenvalue weighted by Gasteiger charge is -2.24. The van der Waals surface area contributed by atoms with Gasteiger partial charge in [-0.1, -0.05) is 28.1 Å². The van der Waals surface area contributed by atoms with E-state index in [1.54, 1.807) is 6.92 Å². The molecule has 1 aromatic carbocycles. The minimum Gasteiger partial charge on any atom is -0.376 e. The summed E-state index contributed by atoms with van der Waals surface area (Å²) in [5, 5.41) is 14.6. The summed E-state index contributed by atoms with van der Waals surface area (Å²) in [5.74, 6) is -0.421. The Kier molecular flexibility index (Phi) is 4.81. The molecule has 21 heavy (non-hydrogen) atoms. The number of rotatable bonds is 5. The summed E-state index contributed by atoms with van der Waals surface area (Å²) in [6.07, 6.45) is 0. The van der Waals surface area contributed by atoms with Crippen LogP contribution in [0.1, 0.15) is 18.4 Å². The molecule has 3 N–H and O–H groups in total. The van der Waals surface area contributed by atoms with Crippen LogP contribution in [0, 0.1) is 0 Å². The Morgan fingerprint density at radius 3 is 2.67 bits per heavy atom. The van der Waals surface area contributed by atoms with E-state index >= 15 is 0 Å². The van der Waals surface area contributed by atoms with Crippen LogP contribution >= 0.6 is 15.9 Å². The highest BCUT2D eigenvalue weighted by atomic mass is 79.9. The monoisotopic (exact) mass is 354 g/mol. The molecule has 0 saturated heterocycles. The van der Waals surface area contributed by atoms with Gasteiger partial charge in [-0.05, 0) is 24.6 Å². The van der Waals surface area contributed by atoms with Crippen molar-refractivity contribution in [3.63, 3.8) is 0 Å². The summed E-state index contributed by atoms with van der Waals surface area (Å²) in [5.41, 5.74) is 2.90. The minimum absolute atomic E-state index is 0.116. The van der Waals surface area contributed by atoms with E-state index in [9.17, 15) is 9.90 Å². The second-order valence-electron chi connectivity index (χ2n) is 5.95. The number of carbonyl (C=O) groups excluding carboxylic acids is 1. The first-order chi connectivity index (χ1) is 9.81. The Morgan fingerprint density at radius 2 is 2.10 bits per heavy atom.